The third-order valence-corrected chi connectivity index (χ3v) is 4.15. The standard InChI is InChI=1S/C16H22FNO3/c1-11-6-9-18(10-7-11)8-2-3-13(19)12-4-5-14(20)16(21)15(12)17/h4-5,11,20-21H,2-3,6-10H2,1H3. The molecular weight excluding hydrogens is 273 g/mol. The Labute approximate surface area is 124 Å². The molecule has 2 rings (SSSR count). The Morgan fingerprint density at radius 1 is 1.33 bits per heavy atom. The second-order valence-corrected chi connectivity index (χ2v) is 5.85. The first-order valence-electron chi connectivity index (χ1n) is 7.45. The van der Waals surface area contributed by atoms with Crippen LogP contribution in [0.15, 0.2) is 12.1 Å². The van der Waals surface area contributed by atoms with Gasteiger partial charge in [0.1, 0.15) is 0 Å². The molecular formula is C16H22FNO3. The minimum atomic E-state index is -1.04. The fourth-order valence-electron chi connectivity index (χ4n) is 2.65. The second-order valence-electron chi connectivity index (χ2n) is 5.85. The molecule has 1 aliphatic heterocycles. The van der Waals surface area contributed by atoms with E-state index < -0.39 is 17.3 Å². The summed E-state index contributed by atoms with van der Waals surface area (Å²) < 4.78 is 13.7. The zero-order valence-corrected chi connectivity index (χ0v) is 12.3. The number of ketones is 1. The zero-order valence-electron chi connectivity index (χ0n) is 12.3. The number of benzene rings is 1. The van der Waals surface area contributed by atoms with Crippen LogP contribution < -0.4 is 0 Å². The number of likely N-dealkylation sites (tertiary alicyclic amines) is 1. The maximum atomic E-state index is 13.7. The smallest absolute Gasteiger partial charge is 0.194 e. The van der Waals surface area contributed by atoms with E-state index in [1.165, 1.54) is 18.9 Å². The topological polar surface area (TPSA) is 60.8 Å². The molecule has 21 heavy (non-hydrogen) atoms. The van der Waals surface area contributed by atoms with Crippen LogP contribution in [-0.4, -0.2) is 40.5 Å². The molecule has 1 fully saturated rings. The highest BCUT2D eigenvalue weighted by molar-refractivity contribution is 5.97. The third kappa shape index (κ3) is 3.94. The minimum absolute atomic E-state index is 0.155. The number of piperidine rings is 1. The molecule has 1 aromatic carbocycles. The number of aromatic hydroxyl groups is 2. The first-order chi connectivity index (χ1) is 9.99. The van der Waals surface area contributed by atoms with Crippen molar-refractivity contribution in [2.24, 2.45) is 5.92 Å². The number of nitrogens with zero attached hydrogens (tertiary/aromatic N) is 1. The number of rotatable bonds is 5. The van der Waals surface area contributed by atoms with Crippen LogP contribution in [0.5, 0.6) is 11.5 Å². The third-order valence-electron chi connectivity index (χ3n) is 4.15. The Morgan fingerprint density at radius 3 is 2.67 bits per heavy atom. The van der Waals surface area contributed by atoms with Crippen molar-refractivity contribution in [3.05, 3.63) is 23.5 Å². The number of Topliss-reactive ketones (excluding diaryl/α,β-unsaturated/α-hetero) is 1. The predicted octanol–water partition coefficient (Wildman–Crippen LogP) is 2.93. The first-order valence-corrected chi connectivity index (χ1v) is 7.45. The predicted molar refractivity (Wildman–Crippen MR) is 78.1 cm³/mol. The SMILES string of the molecule is CC1CCN(CCCC(=O)c2ccc(O)c(O)c2F)CC1. The molecule has 0 radical (unpaired) electrons. The van der Waals surface area contributed by atoms with Crippen molar-refractivity contribution in [2.75, 3.05) is 19.6 Å². The van der Waals surface area contributed by atoms with Gasteiger partial charge in [0.05, 0.1) is 5.56 Å². The van der Waals surface area contributed by atoms with Crippen molar-refractivity contribution in [2.45, 2.75) is 32.6 Å². The Morgan fingerprint density at radius 2 is 2.00 bits per heavy atom. The molecule has 0 spiro atoms. The van der Waals surface area contributed by atoms with Crippen LogP contribution in [0.25, 0.3) is 0 Å². The summed E-state index contributed by atoms with van der Waals surface area (Å²) in [6, 6.07) is 2.35. The van der Waals surface area contributed by atoms with Crippen LogP contribution in [0.3, 0.4) is 0 Å². The second kappa shape index (κ2) is 6.89. The Bertz CT molecular complexity index is 510. The maximum Gasteiger partial charge on any atom is 0.194 e. The molecule has 1 aliphatic rings. The summed E-state index contributed by atoms with van der Waals surface area (Å²) >= 11 is 0. The number of hydrogen-bond donors (Lipinski definition) is 2. The molecule has 2 N–H and O–H groups in total. The molecule has 0 atom stereocenters. The van der Waals surface area contributed by atoms with E-state index in [0.717, 1.165) is 31.6 Å². The van der Waals surface area contributed by atoms with Gasteiger partial charge in [0, 0.05) is 6.42 Å². The van der Waals surface area contributed by atoms with Crippen LogP contribution in [0.2, 0.25) is 0 Å². The number of phenols is 2. The molecule has 0 unspecified atom stereocenters. The van der Waals surface area contributed by atoms with Crippen LogP contribution in [0.1, 0.15) is 43.0 Å². The molecule has 4 nitrogen and oxygen atoms in total. The van der Waals surface area contributed by atoms with Gasteiger partial charge >= 0.3 is 0 Å². The molecule has 1 aromatic rings. The van der Waals surface area contributed by atoms with Crippen LogP contribution >= 0.6 is 0 Å². The summed E-state index contributed by atoms with van der Waals surface area (Å²) in [6.45, 7) is 5.21. The van der Waals surface area contributed by atoms with E-state index in [9.17, 15) is 14.3 Å². The maximum absolute atomic E-state index is 13.7. The quantitative estimate of drug-likeness (QED) is 0.647. The number of halogens is 1. The van der Waals surface area contributed by atoms with Crippen LogP contribution in [0.4, 0.5) is 4.39 Å². The average Bonchev–Trinajstić information content (AvgIpc) is 2.47. The Kier molecular flexibility index (Phi) is 5.17. The summed E-state index contributed by atoms with van der Waals surface area (Å²) in [5, 5.41) is 18.5. The average molecular weight is 295 g/mol. The Hall–Kier alpha value is -1.62. The fraction of sp³-hybridized carbons (Fsp3) is 0.562. The molecule has 0 bridgehead atoms. The van der Waals surface area contributed by atoms with E-state index >= 15 is 0 Å². The van der Waals surface area contributed by atoms with Gasteiger partial charge in [-0.15, -0.1) is 0 Å². The zero-order chi connectivity index (χ0) is 15.4. The van der Waals surface area contributed by atoms with E-state index in [-0.39, 0.29) is 17.8 Å². The van der Waals surface area contributed by atoms with Gasteiger partial charge in [-0.05, 0) is 56.9 Å². The largest absolute Gasteiger partial charge is 0.504 e. The highest BCUT2D eigenvalue weighted by Gasteiger charge is 2.19. The summed E-state index contributed by atoms with van der Waals surface area (Å²) in [5.41, 5.74) is -0.155. The van der Waals surface area contributed by atoms with E-state index in [1.807, 2.05) is 0 Å². The van der Waals surface area contributed by atoms with E-state index in [4.69, 9.17) is 5.11 Å². The van der Waals surface area contributed by atoms with Crippen molar-refractivity contribution in [1.82, 2.24) is 4.90 Å². The fourth-order valence-corrected chi connectivity index (χ4v) is 2.65. The lowest BCUT2D eigenvalue weighted by molar-refractivity contribution is 0.0966. The molecule has 0 aliphatic carbocycles. The highest BCUT2D eigenvalue weighted by Crippen LogP contribution is 2.30. The molecule has 0 amide bonds. The van der Waals surface area contributed by atoms with Gasteiger partial charge in [-0.1, -0.05) is 6.92 Å². The molecule has 0 saturated carbocycles. The van der Waals surface area contributed by atoms with Crippen molar-refractivity contribution in [3.63, 3.8) is 0 Å². The van der Waals surface area contributed by atoms with E-state index in [1.54, 1.807) is 0 Å². The van der Waals surface area contributed by atoms with Crippen molar-refractivity contribution < 1.29 is 19.4 Å². The lowest BCUT2D eigenvalue weighted by Gasteiger charge is -2.29. The van der Waals surface area contributed by atoms with Gasteiger partial charge in [-0.25, -0.2) is 4.39 Å². The number of hydrogen-bond acceptors (Lipinski definition) is 4. The number of carbonyl (C=O) groups is 1. The monoisotopic (exact) mass is 295 g/mol. The van der Waals surface area contributed by atoms with Crippen molar-refractivity contribution in [1.29, 1.82) is 0 Å². The summed E-state index contributed by atoms with van der Waals surface area (Å²) in [4.78, 5) is 14.3. The molecule has 5 heteroatoms. The molecule has 116 valence electrons. The number of phenolic OH excluding ortho intramolecular Hbond substituents is 2. The van der Waals surface area contributed by atoms with Gasteiger partial charge in [0.15, 0.2) is 23.1 Å². The molecule has 0 aromatic heterocycles. The van der Waals surface area contributed by atoms with Crippen LogP contribution in [-0.2, 0) is 0 Å². The van der Waals surface area contributed by atoms with Gasteiger partial charge in [0.2, 0.25) is 0 Å². The minimum Gasteiger partial charge on any atom is -0.504 e. The van der Waals surface area contributed by atoms with Gasteiger partial charge in [-0.2, -0.15) is 0 Å². The Balaban J connectivity index is 1.84. The lowest BCUT2D eigenvalue weighted by Crippen LogP contribution is -2.33. The first kappa shape index (κ1) is 15.8. The highest BCUT2D eigenvalue weighted by atomic mass is 19.1. The van der Waals surface area contributed by atoms with Crippen molar-refractivity contribution >= 4 is 5.78 Å². The van der Waals surface area contributed by atoms with Crippen molar-refractivity contribution in [3.8, 4) is 11.5 Å². The molecule has 1 saturated heterocycles. The molecule has 1 heterocycles. The summed E-state index contributed by atoms with van der Waals surface area (Å²) in [5.74, 6) is -2.01. The number of carbonyl (C=O) groups excluding carboxylic acids is 1. The normalized spacial score (nSPS) is 17.0. The van der Waals surface area contributed by atoms with Gasteiger partial charge in [-0.3, -0.25) is 4.79 Å². The lowest BCUT2D eigenvalue weighted by atomic mass is 9.99. The summed E-state index contributed by atoms with van der Waals surface area (Å²) in [7, 11) is 0. The van der Waals surface area contributed by atoms with Gasteiger partial charge in [0.25, 0.3) is 0 Å². The summed E-state index contributed by atoms with van der Waals surface area (Å²) in [6.07, 6.45) is 3.30. The van der Waals surface area contributed by atoms with Gasteiger partial charge < -0.3 is 15.1 Å². The van der Waals surface area contributed by atoms with E-state index in [2.05, 4.69) is 11.8 Å². The van der Waals surface area contributed by atoms with E-state index in [0.29, 0.717) is 6.42 Å². The van der Waals surface area contributed by atoms with Crippen LogP contribution in [0, 0.1) is 11.7 Å².